The molecule has 1 heterocycles. The Balaban J connectivity index is 2.61. The highest BCUT2D eigenvalue weighted by atomic mass is 16.5. The summed E-state index contributed by atoms with van der Waals surface area (Å²) in [5.41, 5.74) is 0.229. The average Bonchev–Trinajstić information content (AvgIpc) is 2.43. The van der Waals surface area contributed by atoms with Crippen molar-refractivity contribution in [1.82, 2.24) is 10.3 Å². The Kier molecular flexibility index (Phi) is 5.76. The normalized spacial score (nSPS) is 11.2. The number of carbonyl (C=O) groups is 1. The number of nitrogens with zero attached hydrogens (tertiary/aromatic N) is 1. The molecule has 0 saturated heterocycles. The Morgan fingerprint density at radius 2 is 2.21 bits per heavy atom. The van der Waals surface area contributed by atoms with Crippen LogP contribution in [0.3, 0.4) is 0 Å². The molecule has 0 fully saturated rings. The van der Waals surface area contributed by atoms with Crippen LogP contribution in [0.15, 0.2) is 18.3 Å². The van der Waals surface area contributed by atoms with Gasteiger partial charge < -0.3 is 15.4 Å². The second kappa shape index (κ2) is 7.09. The summed E-state index contributed by atoms with van der Waals surface area (Å²) in [6.45, 7) is 7.23. The summed E-state index contributed by atoms with van der Waals surface area (Å²) < 4.78 is 5.26. The van der Waals surface area contributed by atoms with Crippen LogP contribution in [0.4, 0.5) is 5.82 Å². The molecule has 0 aliphatic rings. The van der Waals surface area contributed by atoms with E-state index in [2.05, 4.69) is 22.5 Å². The van der Waals surface area contributed by atoms with Gasteiger partial charge in [-0.15, -0.1) is 0 Å². The van der Waals surface area contributed by atoms with Gasteiger partial charge >= 0.3 is 0 Å². The standard InChI is InChI=1S/C14H23N3O2/c1-5-7-15-12-9-11(6-8-16-12)13(18)17-10-14(2,3)19-4/h6,8-9H,5,7,10H2,1-4H3,(H,15,16)(H,17,18). The first kappa shape index (κ1) is 15.4. The molecule has 2 N–H and O–H groups in total. The number of hydrogen-bond donors (Lipinski definition) is 2. The maximum Gasteiger partial charge on any atom is 0.251 e. The second-order valence-corrected chi connectivity index (χ2v) is 5.00. The van der Waals surface area contributed by atoms with Crippen molar-refractivity contribution in [3.63, 3.8) is 0 Å². The Hall–Kier alpha value is -1.62. The third kappa shape index (κ3) is 5.26. The second-order valence-electron chi connectivity index (χ2n) is 5.00. The molecule has 1 aromatic heterocycles. The van der Waals surface area contributed by atoms with Gasteiger partial charge in [0, 0.05) is 32.0 Å². The molecule has 0 aliphatic heterocycles. The fraction of sp³-hybridized carbons (Fsp3) is 0.571. The summed E-state index contributed by atoms with van der Waals surface area (Å²) in [4.78, 5) is 16.2. The molecule has 19 heavy (non-hydrogen) atoms. The summed E-state index contributed by atoms with van der Waals surface area (Å²) in [6.07, 6.45) is 2.65. The summed E-state index contributed by atoms with van der Waals surface area (Å²) in [5.74, 6) is 0.604. The minimum Gasteiger partial charge on any atom is -0.377 e. The Morgan fingerprint density at radius 1 is 1.47 bits per heavy atom. The lowest BCUT2D eigenvalue weighted by molar-refractivity contribution is 0.0229. The van der Waals surface area contributed by atoms with E-state index in [1.165, 1.54) is 0 Å². The monoisotopic (exact) mass is 265 g/mol. The Labute approximate surface area is 114 Å². The van der Waals surface area contributed by atoms with Gasteiger partial charge in [-0.2, -0.15) is 0 Å². The Bertz CT molecular complexity index is 419. The average molecular weight is 265 g/mol. The lowest BCUT2D eigenvalue weighted by Crippen LogP contribution is -2.39. The molecular weight excluding hydrogens is 242 g/mol. The minimum atomic E-state index is -0.369. The molecule has 1 rings (SSSR count). The highest BCUT2D eigenvalue weighted by Crippen LogP contribution is 2.09. The fourth-order valence-electron chi connectivity index (χ4n) is 1.39. The van der Waals surface area contributed by atoms with Crippen molar-refractivity contribution in [2.75, 3.05) is 25.5 Å². The van der Waals surface area contributed by atoms with Gasteiger partial charge in [0.05, 0.1) is 5.60 Å². The molecule has 106 valence electrons. The molecule has 0 bridgehead atoms. The number of pyridine rings is 1. The predicted octanol–water partition coefficient (Wildman–Crippen LogP) is 2.06. The van der Waals surface area contributed by atoms with Crippen LogP contribution in [-0.4, -0.2) is 36.7 Å². The van der Waals surface area contributed by atoms with E-state index in [1.54, 1.807) is 25.4 Å². The van der Waals surface area contributed by atoms with Crippen LogP contribution < -0.4 is 10.6 Å². The first-order valence-corrected chi connectivity index (χ1v) is 6.52. The molecule has 0 atom stereocenters. The number of nitrogens with one attached hydrogen (secondary N) is 2. The van der Waals surface area contributed by atoms with E-state index in [-0.39, 0.29) is 11.5 Å². The first-order chi connectivity index (χ1) is 8.98. The molecule has 5 nitrogen and oxygen atoms in total. The van der Waals surface area contributed by atoms with Crippen LogP contribution in [0.25, 0.3) is 0 Å². The molecule has 0 aromatic carbocycles. The molecule has 0 unspecified atom stereocenters. The van der Waals surface area contributed by atoms with Crippen molar-refractivity contribution in [3.8, 4) is 0 Å². The van der Waals surface area contributed by atoms with Gasteiger partial charge in [0.15, 0.2) is 0 Å². The molecule has 5 heteroatoms. The van der Waals surface area contributed by atoms with Gasteiger partial charge in [0.2, 0.25) is 0 Å². The molecule has 1 amide bonds. The molecule has 0 radical (unpaired) electrons. The first-order valence-electron chi connectivity index (χ1n) is 6.52. The van der Waals surface area contributed by atoms with Crippen molar-refractivity contribution < 1.29 is 9.53 Å². The topological polar surface area (TPSA) is 63.2 Å². The van der Waals surface area contributed by atoms with Crippen LogP contribution in [0.2, 0.25) is 0 Å². The number of amides is 1. The molecule has 1 aromatic rings. The van der Waals surface area contributed by atoms with Gasteiger partial charge in [0.1, 0.15) is 5.82 Å². The number of carbonyl (C=O) groups excluding carboxylic acids is 1. The van der Waals surface area contributed by atoms with E-state index >= 15 is 0 Å². The van der Waals surface area contributed by atoms with E-state index in [0.29, 0.717) is 12.1 Å². The van der Waals surface area contributed by atoms with Gasteiger partial charge in [-0.3, -0.25) is 4.79 Å². The number of aromatic nitrogens is 1. The summed E-state index contributed by atoms with van der Waals surface area (Å²) >= 11 is 0. The summed E-state index contributed by atoms with van der Waals surface area (Å²) in [5, 5.41) is 6.01. The van der Waals surface area contributed by atoms with E-state index in [1.807, 2.05) is 13.8 Å². The lowest BCUT2D eigenvalue weighted by atomic mass is 10.1. The van der Waals surface area contributed by atoms with E-state index < -0.39 is 0 Å². The largest absolute Gasteiger partial charge is 0.377 e. The van der Waals surface area contributed by atoms with Gasteiger partial charge in [-0.1, -0.05) is 6.92 Å². The molecule has 0 spiro atoms. The Morgan fingerprint density at radius 3 is 2.84 bits per heavy atom. The third-order valence-electron chi connectivity index (χ3n) is 2.81. The van der Waals surface area contributed by atoms with Crippen molar-refractivity contribution in [2.45, 2.75) is 32.8 Å². The van der Waals surface area contributed by atoms with Crippen molar-refractivity contribution in [1.29, 1.82) is 0 Å². The summed E-state index contributed by atoms with van der Waals surface area (Å²) in [6, 6.07) is 3.46. The van der Waals surface area contributed by atoms with Crippen LogP contribution in [-0.2, 0) is 4.74 Å². The van der Waals surface area contributed by atoms with Crippen molar-refractivity contribution in [3.05, 3.63) is 23.9 Å². The third-order valence-corrected chi connectivity index (χ3v) is 2.81. The highest BCUT2D eigenvalue weighted by Gasteiger charge is 2.18. The number of methoxy groups -OCH3 is 1. The summed E-state index contributed by atoms with van der Waals surface area (Å²) in [7, 11) is 1.63. The molecule has 0 aliphatic carbocycles. The zero-order valence-electron chi connectivity index (χ0n) is 12.1. The zero-order chi connectivity index (χ0) is 14.3. The smallest absolute Gasteiger partial charge is 0.251 e. The quantitative estimate of drug-likeness (QED) is 0.792. The molecular formula is C14H23N3O2. The van der Waals surface area contributed by atoms with E-state index in [0.717, 1.165) is 18.8 Å². The van der Waals surface area contributed by atoms with E-state index in [9.17, 15) is 4.79 Å². The van der Waals surface area contributed by atoms with Crippen LogP contribution >= 0.6 is 0 Å². The number of hydrogen-bond acceptors (Lipinski definition) is 4. The fourth-order valence-corrected chi connectivity index (χ4v) is 1.39. The van der Waals surface area contributed by atoms with Crippen LogP contribution in [0.5, 0.6) is 0 Å². The van der Waals surface area contributed by atoms with Gasteiger partial charge in [-0.25, -0.2) is 4.98 Å². The highest BCUT2D eigenvalue weighted by molar-refractivity contribution is 5.94. The predicted molar refractivity (Wildman–Crippen MR) is 76.4 cm³/mol. The maximum atomic E-state index is 12.0. The van der Waals surface area contributed by atoms with Gasteiger partial charge in [-0.05, 0) is 32.4 Å². The maximum absolute atomic E-state index is 12.0. The molecule has 0 saturated carbocycles. The van der Waals surface area contributed by atoms with Crippen molar-refractivity contribution in [2.24, 2.45) is 0 Å². The SMILES string of the molecule is CCCNc1cc(C(=O)NCC(C)(C)OC)ccn1. The number of anilines is 1. The number of ether oxygens (including phenoxy) is 1. The minimum absolute atomic E-state index is 0.118. The lowest BCUT2D eigenvalue weighted by Gasteiger charge is -2.23. The van der Waals surface area contributed by atoms with Crippen LogP contribution in [0, 0.1) is 0 Å². The number of rotatable bonds is 7. The van der Waals surface area contributed by atoms with Gasteiger partial charge in [0.25, 0.3) is 5.91 Å². The van der Waals surface area contributed by atoms with Crippen LogP contribution in [0.1, 0.15) is 37.6 Å². The zero-order valence-corrected chi connectivity index (χ0v) is 12.1. The van der Waals surface area contributed by atoms with Crippen molar-refractivity contribution >= 4 is 11.7 Å². The van der Waals surface area contributed by atoms with E-state index in [4.69, 9.17) is 4.74 Å².